The Bertz CT molecular complexity index is 3430. The number of aromatic amines is 2. The molecule has 3 aromatic heterocycles. The summed E-state index contributed by atoms with van der Waals surface area (Å²) in [6.07, 6.45) is 7.96. The molecule has 7 aromatic rings. The third-order valence-electron chi connectivity index (χ3n) is 12.4. The van der Waals surface area contributed by atoms with E-state index in [0.29, 0.717) is 45.5 Å². The number of anilines is 4. The van der Waals surface area contributed by atoms with Crippen molar-refractivity contribution in [3.63, 3.8) is 0 Å². The van der Waals surface area contributed by atoms with Gasteiger partial charge in [-0.25, -0.2) is 9.97 Å². The number of H-pyrrole nitrogens is 2. The Labute approximate surface area is 408 Å². The first-order chi connectivity index (χ1) is 33.3. The van der Waals surface area contributed by atoms with E-state index in [2.05, 4.69) is 25.9 Å². The number of hydrogen-bond donors (Lipinski definition) is 6. The zero-order valence-corrected chi connectivity index (χ0v) is 41.1. The Morgan fingerprint density at radius 2 is 0.643 bits per heavy atom. The Balaban J connectivity index is 1.46. The van der Waals surface area contributed by atoms with Crippen LogP contribution in [-0.2, 0) is 14.4 Å². The fourth-order valence-electron chi connectivity index (χ4n) is 8.42. The molecule has 2 aliphatic rings. The van der Waals surface area contributed by atoms with Gasteiger partial charge in [0.2, 0.25) is 17.7 Å². The van der Waals surface area contributed by atoms with E-state index in [1.54, 1.807) is 0 Å². The molecule has 0 atom stereocenters. The minimum absolute atomic E-state index is 0.132. The topological polar surface area (TPSA) is 171 Å². The molecule has 2 aliphatic heterocycles. The number of fused-ring (bicyclic) bond motifs is 8. The normalized spacial score (nSPS) is 12.5. The number of nitrogen functional groups attached to an aromatic ring is 1. The number of aromatic nitrogens is 4. The number of para-hydroxylation sites is 4. The molecule has 352 valence electrons. The van der Waals surface area contributed by atoms with Gasteiger partial charge in [0.25, 0.3) is 0 Å². The molecule has 3 amide bonds. The monoisotopic (exact) mass is 926 g/mol. The third kappa shape index (κ3) is 9.18. The van der Waals surface area contributed by atoms with Gasteiger partial charge in [0.15, 0.2) is 0 Å². The van der Waals surface area contributed by atoms with Crippen LogP contribution in [0.1, 0.15) is 85.1 Å². The summed E-state index contributed by atoms with van der Waals surface area (Å²) >= 11 is 0. The van der Waals surface area contributed by atoms with Crippen molar-refractivity contribution in [1.82, 2.24) is 19.9 Å². The molecule has 7 N–H and O–H groups in total. The molecule has 0 spiro atoms. The summed E-state index contributed by atoms with van der Waals surface area (Å²) in [6, 6.07) is 39.1. The molecule has 0 aliphatic carbocycles. The molecule has 0 saturated carbocycles. The Morgan fingerprint density at radius 1 is 0.386 bits per heavy atom. The van der Waals surface area contributed by atoms with Crippen molar-refractivity contribution in [3.8, 4) is 44.5 Å². The van der Waals surface area contributed by atoms with Gasteiger partial charge in [0.05, 0.1) is 22.8 Å². The van der Waals surface area contributed by atoms with E-state index >= 15 is 0 Å². The largest absolute Gasteiger partial charge is 0.398 e. The smallest absolute Gasteiger partial charge is 0.229 e. The van der Waals surface area contributed by atoms with Gasteiger partial charge in [-0.05, 0) is 72.8 Å². The van der Waals surface area contributed by atoms with Crippen LogP contribution in [0.2, 0.25) is 0 Å². The van der Waals surface area contributed by atoms with E-state index in [-0.39, 0.29) is 17.7 Å². The standard InChI is InChI=1S/C59H58N8O3/c1-57(2,3)54(68)65-39-23-15-11-19-35(39)51-44-28-26-42(61-44)50(34-18-10-14-22-38(34)60)43-27-29-45(62-43)52(36-20-12-16-24-40(36)66-55(69)58(4,5)6)47-31-33-49(64-47)53(48-32-30-46(51)63-48)37-21-13-17-25-41(37)67-56(70)59(7,8)9/h10-33,61,64H,60H2,1-9H3,(H,65,68)(H,66,69)(H,67,70). The fraction of sp³-hybridized carbons (Fsp3) is 0.203. The number of nitrogens with one attached hydrogen (secondary N) is 5. The van der Waals surface area contributed by atoms with Gasteiger partial charge in [-0.3, -0.25) is 14.4 Å². The molecule has 70 heavy (non-hydrogen) atoms. The molecule has 11 heteroatoms. The zero-order chi connectivity index (χ0) is 49.7. The highest BCUT2D eigenvalue weighted by atomic mass is 16.2. The predicted octanol–water partition coefficient (Wildman–Crippen LogP) is 13.9. The molecule has 8 bridgehead atoms. The van der Waals surface area contributed by atoms with Gasteiger partial charge in [0.1, 0.15) is 0 Å². The summed E-state index contributed by atoms with van der Waals surface area (Å²) in [5.74, 6) is -0.402. The predicted molar refractivity (Wildman–Crippen MR) is 289 cm³/mol. The van der Waals surface area contributed by atoms with Gasteiger partial charge < -0.3 is 31.7 Å². The maximum absolute atomic E-state index is 13.7. The average Bonchev–Trinajstić information content (AvgIpc) is 4.16. The molecule has 0 unspecified atom stereocenters. The number of benzene rings is 4. The van der Waals surface area contributed by atoms with Gasteiger partial charge in [0, 0.05) is 106 Å². The van der Waals surface area contributed by atoms with Crippen LogP contribution < -0.4 is 21.7 Å². The van der Waals surface area contributed by atoms with Crippen molar-refractivity contribution in [2.24, 2.45) is 16.2 Å². The van der Waals surface area contributed by atoms with Crippen LogP contribution in [0.15, 0.2) is 121 Å². The van der Waals surface area contributed by atoms with Crippen molar-refractivity contribution in [3.05, 3.63) is 144 Å². The second kappa shape index (κ2) is 18.0. The molecule has 5 heterocycles. The van der Waals surface area contributed by atoms with Crippen molar-refractivity contribution < 1.29 is 14.4 Å². The highest BCUT2D eigenvalue weighted by molar-refractivity contribution is 6.07. The molecular weight excluding hydrogens is 869 g/mol. The molecule has 9 rings (SSSR count). The highest BCUT2D eigenvalue weighted by Gasteiger charge is 2.28. The van der Waals surface area contributed by atoms with Crippen molar-refractivity contribution in [2.75, 3.05) is 21.7 Å². The minimum Gasteiger partial charge on any atom is -0.398 e. The second-order valence-electron chi connectivity index (χ2n) is 20.8. The SMILES string of the molecule is CC(C)(C)C(=O)Nc1ccccc1-c1c2nc(c(-c3ccccc3NC(=O)C(C)(C)C)c3ccc([nH]3)c(-c3ccccc3NC(=O)C(C)(C)C)c3nc(c(-c4ccccc4N)c4ccc1[nH]4)C=C3)C=C2. The lowest BCUT2D eigenvalue weighted by Crippen LogP contribution is -2.27. The van der Waals surface area contributed by atoms with Gasteiger partial charge in [-0.15, -0.1) is 0 Å². The van der Waals surface area contributed by atoms with Crippen LogP contribution in [0.3, 0.4) is 0 Å². The molecule has 11 nitrogen and oxygen atoms in total. The van der Waals surface area contributed by atoms with Crippen LogP contribution in [0, 0.1) is 16.2 Å². The highest BCUT2D eigenvalue weighted by Crippen LogP contribution is 2.43. The summed E-state index contributed by atoms with van der Waals surface area (Å²) in [6.45, 7) is 17.0. The molecular formula is C59H58N8O3. The van der Waals surface area contributed by atoms with Gasteiger partial charge >= 0.3 is 0 Å². The number of hydrogen-bond acceptors (Lipinski definition) is 6. The first kappa shape index (κ1) is 46.8. The van der Waals surface area contributed by atoms with Gasteiger partial charge in [-0.1, -0.05) is 135 Å². The van der Waals surface area contributed by atoms with E-state index in [9.17, 15) is 14.4 Å². The molecule has 4 aromatic carbocycles. The summed E-state index contributed by atoms with van der Waals surface area (Å²) in [5, 5.41) is 9.64. The van der Waals surface area contributed by atoms with Crippen molar-refractivity contribution in [2.45, 2.75) is 62.3 Å². The Morgan fingerprint density at radius 3 is 0.929 bits per heavy atom. The maximum Gasteiger partial charge on any atom is 0.229 e. The average molecular weight is 927 g/mol. The summed E-state index contributed by atoms with van der Waals surface area (Å²) in [7, 11) is 0. The number of nitrogens with zero attached hydrogens (tertiary/aromatic N) is 2. The summed E-state index contributed by atoms with van der Waals surface area (Å²) < 4.78 is 0. The summed E-state index contributed by atoms with van der Waals surface area (Å²) in [4.78, 5) is 59.5. The number of amides is 3. The lowest BCUT2D eigenvalue weighted by atomic mass is 9.94. The van der Waals surface area contributed by atoms with E-state index < -0.39 is 16.2 Å². The third-order valence-corrected chi connectivity index (χ3v) is 12.4. The van der Waals surface area contributed by atoms with Gasteiger partial charge in [-0.2, -0.15) is 0 Å². The van der Waals surface area contributed by atoms with Crippen LogP contribution in [0.25, 0.3) is 90.9 Å². The molecule has 0 radical (unpaired) electrons. The quantitative estimate of drug-likeness (QED) is 0.0869. The summed E-state index contributed by atoms with van der Waals surface area (Å²) in [5.41, 5.74) is 18.8. The first-order valence-electron chi connectivity index (χ1n) is 23.5. The second-order valence-corrected chi connectivity index (χ2v) is 20.8. The number of carbonyl (C=O) groups is 3. The van der Waals surface area contributed by atoms with E-state index in [0.717, 1.165) is 66.6 Å². The lowest BCUT2D eigenvalue weighted by molar-refractivity contribution is -0.123. The zero-order valence-electron chi connectivity index (χ0n) is 41.1. The van der Waals surface area contributed by atoms with Crippen LogP contribution in [0.5, 0.6) is 0 Å². The van der Waals surface area contributed by atoms with Crippen LogP contribution >= 0.6 is 0 Å². The molecule has 0 saturated heterocycles. The number of nitrogens with two attached hydrogens (primary N) is 1. The van der Waals surface area contributed by atoms with Crippen LogP contribution in [-0.4, -0.2) is 37.7 Å². The Kier molecular flexibility index (Phi) is 12.0. The minimum atomic E-state index is -0.674. The van der Waals surface area contributed by atoms with E-state index in [4.69, 9.17) is 15.7 Å². The molecule has 0 fully saturated rings. The lowest BCUT2D eigenvalue weighted by Gasteiger charge is -2.20. The maximum atomic E-state index is 13.7. The van der Waals surface area contributed by atoms with Crippen LogP contribution in [0.4, 0.5) is 22.7 Å². The fourth-order valence-corrected chi connectivity index (χ4v) is 8.42. The van der Waals surface area contributed by atoms with E-state index in [1.807, 2.05) is 208 Å². The van der Waals surface area contributed by atoms with E-state index in [1.165, 1.54) is 0 Å². The number of rotatable bonds is 7. The van der Waals surface area contributed by atoms with Crippen molar-refractivity contribution in [1.29, 1.82) is 0 Å². The first-order valence-corrected chi connectivity index (χ1v) is 23.5. The number of carbonyl (C=O) groups excluding carboxylic acids is 3. The Hall–Kier alpha value is -8.31. The van der Waals surface area contributed by atoms with Crippen molar-refractivity contribution >= 4 is 86.8 Å².